The van der Waals surface area contributed by atoms with E-state index in [-0.39, 0.29) is 17.8 Å². The number of ketones is 1. The molecule has 0 bridgehead atoms. The first-order chi connectivity index (χ1) is 5.25. The van der Waals surface area contributed by atoms with Crippen molar-refractivity contribution < 1.29 is 14.3 Å². The molecule has 0 aromatic heterocycles. The summed E-state index contributed by atoms with van der Waals surface area (Å²) >= 11 is 0. The molecule has 1 aliphatic heterocycles. The third-order valence-electron chi connectivity index (χ3n) is 2.05. The number of hydrogen-bond acceptors (Lipinski definition) is 3. The monoisotopic (exact) mass is 158 g/mol. The van der Waals surface area contributed by atoms with Crippen molar-refractivity contribution in [2.75, 3.05) is 20.3 Å². The lowest BCUT2D eigenvalue weighted by Crippen LogP contribution is -2.30. The van der Waals surface area contributed by atoms with Crippen LogP contribution in [0.1, 0.15) is 13.3 Å². The summed E-state index contributed by atoms with van der Waals surface area (Å²) in [4.78, 5) is 11.0. The van der Waals surface area contributed by atoms with Crippen molar-refractivity contribution in [2.45, 2.75) is 19.4 Å². The van der Waals surface area contributed by atoms with Crippen LogP contribution in [-0.2, 0) is 14.3 Å². The molecule has 1 fully saturated rings. The summed E-state index contributed by atoms with van der Waals surface area (Å²) in [5.74, 6) is 0.375. The van der Waals surface area contributed by atoms with Gasteiger partial charge in [0.15, 0.2) is 5.78 Å². The van der Waals surface area contributed by atoms with Crippen LogP contribution >= 0.6 is 0 Å². The van der Waals surface area contributed by atoms with Gasteiger partial charge in [-0.15, -0.1) is 0 Å². The van der Waals surface area contributed by atoms with Crippen LogP contribution in [0.15, 0.2) is 0 Å². The molecule has 1 heterocycles. The first kappa shape index (κ1) is 8.68. The number of rotatable bonds is 3. The molecular formula is C8H14O3. The zero-order valence-corrected chi connectivity index (χ0v) is 7.00. The second kappa shape index (κ2) is 3.83. The molecule has 0 N–H and O–H groups in total. The quantitative estimate of drug-likeness (QED) is 0.604. The summed E-state index contributed by atoms with van der Waals surface area (Å²) < 4.78 is 10.2. The van der Waals surface area contributed by atoms with Crippen LogP contribution in [0.4, 0.5) is 0 Å². The fraction of sp³-hybridized carbons (Fsp3) is 0.875. The van der Waals surface area contributed by atoms with Crippen LogP contribution in [0, 0.1) is 5.92 Å². The SMILES string of the molecule is COC(C(C)=O)C1CCOC1. The maximum Gasteiger partial charge on any atom is 0.158 e. The van der Waals surface area contributed by atoms with Gasteiger partial charge in [0.25, 0.3) is 0 Å². The molecule has 1 rings (SSSR count). The lowest BCUT2D eigenvalue weighted by Gasteiger charge is -2.16. The van der Waals surface area contributed by atoms with Gasteiger partial charge in [0, 0.05) is 19.6 Å². The van der Waals surface area contributed by atoms with Crippen molar-refractivity contribution in [3.05, 3.63) is 0 Å². The third-order valence-corrected chi connectivity index (χ3v) is 2.05. The van der Waals surface area contributed by atoms with E-state index >= 15 is 0 Å². The van der Waals surface area contributed by atoms with Crippen molar-refractivity contribution >= 4 is 5.78 Å². The highest BCUT2D eigenvalue weighted by molar-refractivity contribution is 5.80. The Morgan fingerprint density at radius 3 is 2.82 bits per heavy atom. The summed E-state index contributed by atoms with van der Waals surface area (Å²) in [6, 6.07) is 0. The molecule has 0 saturated carbocycles. The Labute approximate surface area is 66.7 Å². The Kier molecular flexibility index (Phi) is 3.02. The molecule has 64 valence electrons. The van der Waals surface area contributed by atoms with Crippen LogP contribution in [0.25, 0.3) is 0 Å². The predicted octanol–water partition coefficient (Wildman–Crippen LogP) is 0.627. The summed E-state index contributed by atoms with van der Waals surface area (Å²) in [6.07, 6.45) is 0.690. The van der Waals surface area contributed by atoms with E-state index in [1.54, 1.807) is 14.0 Å². The van der Waals surface area contributed by atoms with Crippen LogP contribution in [0.5, 0.6) is 0 Å². The van der Waals surface area contributed by atoms with Crippen molar-refractivity contribution in [3.8, 4) is 0 Å². The number of carbonyl (C=O) groups is 1. The molecule has 2 atom stereocenters. The molecule has 0 amide bonds. The minimum Gasteiger partial charge on any atom is -0.381 e. The van der Waals surface area contributed by atoms with E-state index in [0.29, 0.717) is 6.61 Å². The second-order valence-corrected chi connectivity index (χ2v) is 2.89. The van der Waals surface area contributed by atoms with Crippen molar-refractivity contribution in [3.63, 3.8) is 0 Å². The molecule has 1 aliphatic rings. The van der Waals surface area contributed by atoms with Crippen LogP contribution in [-0.4, -0.2) is 32.2 Å². The second-order valence-electron chi connectivity index (χ2n) is 2.89. The van der Waals surface area contributed by atoms with Crippen LogP contribution < -0.4 is 0 Å². The van der Waals surface area contributed by atoms with E-state index < -0.39 is 0 Å². The van der Waals surface area contributed by atoms with E-state index in [1.807, 2.05) is 0 Å². The largest absolute Gasteiger partial charge is 0.381 e. The Morgan fingerprint density at radius 2 is 2.45 bits per heavy atom. The van der Waals surface area contributed by atoms with E-state index in [2.05, 4.69) is 0 Å². The summed E-state index contributed by atoms with van der Waals surface area (Å²) in [7, 11) is 1.57. The van der Waals surface area contributed by atoms with Gasteiger partial charge in [-0.25, -0.2) is 0 Å². The van der Waals surface area contributed by atoms with Gasteiger partial charge >= 0.3 is 0 Å². The van der Waals surface area contributed by atoms with Crippen molar-refractivity contribution in [1.82, 2.24) is 0 Å². The Hall–Kier alpha value is -0.410. The van der Waals surface area contributed by atoms with Gasteiger partial charge < -0.3 is 9.47 Å². The van der Waals surface area contributed by atoms with Gasteiger partial charge in [-0.2, -0.15) is 0 Å². The lowest BCUT2D eigenvalue weighted by atomic mass is 9.99. The van der Waals surface area contributed by atoms with Crippen molar-refractivity contribution in [2.24, 2.45) is 5.92 Å². The maximum atomic E-state index is 11.0. The molecular weight excluding hydrogens is 144 g/mol. The van der Waals surface area contributed by atoms with Gasteiger partial charge in [-0.3, -0.25) is 4.79 Å². The van der Waals surface area contributed by atoms with Crippen molar-refractivity contribution in [1.29, 1.82) is 0 Å². The number of Topliss-reactive ketones (excluding diaryl/α,β-unsaturated/α-hetero) is 1. The molecule has 0 aromatic carbocycles. The first-order valence-electron chi connectivity index (χ1n) is 3.86. The van der Waals surface area contributed by atoms with Gasteiger partial charge in [0.1, 0.15) is 6.10 Å². The smallest absolute Gasteiger partial charge is 0.158 e. The van der Waals surface area contributed by atoms with Gasteiger partial charge in [-0.05, 0) is 13.3 Å². The Balaban J connectivity index is 2.46. The highest BCUT2D eigenvalue weighted by Crippen LogP contribution is 2.19. The zero-order chi connectivity index (χ0) is 8.27. The minimum atomic E-state index is -0.252. The number of methoxy groups -OCH3 is 1. The predicted molar refractivity (Wildman–Crippen MR) is 40.4 cm³/mol. The highest BCUT2D eigenvalue weighted by Gasteiger charge is 2.28. The molecule has 0 aromatic rings. The molecule has 0 aliphatic carbocycles. The van der Waals surface area contributed by atoms with E-state index in [0.717, 1.165) is 13.0 Å². The topological polar surface area (TPSA) is 35.5 Å². The fourth-order valence-corrected chi connectivity index (χ4v) is 1.48. The average molecular weight is 158 g/mol. The lowest BCUT2D eigenvalue weighted by molar-refractivity contribution is -0.129. The molecule has 0 spiro atoms. The molecule has 0 radical (unpaired) electrons. The van der Waals surface area contributed by atoms with Crippen LogP contribution in [0.2, 0.25) is 0 Å². The van der Waals surface area contributed by atoms with Gasteiger partial charge in [0.2, 0.25) is 0 Å². The maximum absolute atomic E-state index is 11.0. The minimum absolute atomic E-state index is 0.100. The summed E-state index contributed by atoms with van der Waals surface area (Å²) in [6.45, 7) is 2.99. The Bertz CT molecular complexity index is 138. The molecule has 3 nitrogen and oxygen atoms in total. The highest BCUT2D eigenvalue weighted by atomic mass is 16.5. The summed E-state index contributed by atoms with van der Waals surface area (Å²) in [5, 5.41) is 0. The van der Waals surface area contributed by atoms with E-state index in [4.69, 9.17) is 9.47 Å². The molecule has 1 saturated heterocycles. The molecule has 2 unspecified atom stereocenters. The van der Waals surface area contributed by atoms with Crippen LogP contribution in [0.3, 0.4) is 0 Å². The van der Waals surface area contributed by atoms with E-state index in [9.17, 15) is 4.79 Å². The number of ether oxygens (including phenoxy) is 2. The standard InChI is InChI=1S/C8H14O3/c1-6(9)8(10-2)7-3-4-11-5-7/h7-8H,3-5H2,1-2H3. The van der Waals surface area contributed by atoms with E-state index in [1.165, 1.54) is 0 Å². The number of carbonyl (C=O) groups excluding carboxylic acids is 1. The molecule has 11 heavy (non-hydrogen) atoms. The zero-order valence-electron chi connectivity index (χ0n) is 7.00. The van der Waals surface area contributed by atoms with Gasteiger partial charge in [-0.1, -0.05) is 0 Å². The van der Waals surface area contributed by atoms with Gasteiger partial charge in [0.05, 0.1) is 6.61 Å². The Morgan fingerprint density at radius 1 is 1.73 bits per heavy atom. The fourth-order valence-electron chi connectivity index (χ4n) is 1.48. The number of hydrogen-bond donors (Lipinski definition) is 0. The third kappa shape index (κ3) is 2.01. The summed E-state index contributed by atoms with van der Waals surface area (Å²) in [5.41, 5.74) is 0. The normalized spacial score (nSPS) is 26.9. The first-order valence-corrected chi connectivity index (χ1v) is 3.86. The molecule has 3 heteroatoms. The average Bonchev–Trinajstić information content (AvgIpc) is 2.40.